The largest absolute Gasteiger partial charge is 0.507 e. The van der Waals surface area contributed by atoms with Gasteiger partial charge in [-0.1, -0.05) is 12.1 Å². The number of methoxy groups -OCH3 is 1. The van der Waals surface area contributed by atoms with Crippen LogP contribution in [0.25, 0.3) is 6.08 Å². The minimum Gasteiger partial charge on any atom is -0.507 e. The highest BCUT2D eigenvalue weighted by molar-refractivity contribution is 6.14. The van der Waals surface area contributed by atoms with Gasteiger partial charge in [-0.2, -0.15) is 0 Å². The van der Waals surface area contributed by atoms with E-state index in [1.165, 1.54) is 19.3 Å². The number of carbonyl (C=O) groups excluding carboxylic acids is 1. The van der Waals surface area contributed by atoms with Crippen molar-refractivity contribution in [2.45, 2.75) is 0 Å². The zero-order chi connectivity index (χ0) is 14.1. The lowest BCUT2D eigenvalue weighted by Crippen LogP contribution is -1.98. The third-order valence-corrected chi connectivity index (χ3v) is 3.10. The molecule has 4 heteroatoms. The molecule has 0 aromatic heterocycles. The quantitative estimate of drug-likeness (QED) is 0.851. The van der Waals surface area contributed by atoms with Crippen molar-refractivity contribution in [1.82, 2.24) is 0 Å². The maximum atomic E-state index is 12.1. The molecule has 1 aliphatic heterocycles. The van der Waals surface area contributed by atoms with Gasteiger partial charge in [0.2, 0.25) is 5.78 Å². The number of allylic oxidation sites excluding steroid dienone is 1. The van der Waals surface area contributed by atoms with E-state index in [1.54, 1.807) is 36.4 Å². The molecule has 0 saturated heterocycles. The zero-order valence-electron chi connectivity index (χ0n) is 10.8. The minimum atomic E-state index is -0.184. The van der Waals surface area contributed by atoms with E-state index in [1.807, 2.05) is 0 Å². The lowest BCUT2D eigenvalue weighted by molar-refractivity contribution is 0.101. The molecule has 0 spiro atoms. The molecule has 4 nitrogen and oxygen atoms in total. The van der Waals surface area contributed by atoms with Crippen LogP contribution in [0.3, 0.4) is 0 Å². The number of ether oxygens (including phenoxy) is 2. The van der Waals surface area contributed by atoms with Gasteiger partial charge in [0.25, 0.3) is 0 Å². The summed E-state index contributed by atoms with van der Waals surface area (Å²) in [5, 5.41) is 9.89. The Morgan fingerprint density at radius 2 is 2.00 bits per heavy atom. The SMILES string of the molecule is COc1ccc(C=C2Oc3ccccc3C2=O)c(O)c1. The summed E-state index contributed by atoms with van der Waals surface area (Å²) in [4.78, 5) is 12.1. The first kappa shape index (κ1) is 12.3. The van der Waals surface area contributed by atoms with Crippen molar-refractivity contribution in [2.24, 2.45) is 0 Å². The van der Waals surface area contributed by atoms with E-state index < -0.39 is 0 Å². The summed E-state index contributed by atoms with van der Waals surface area (Å²) in [5.41, 5.74) is 1.04. The van der Waals surface area contributed by atoms with Crippen LogP contribution >= 0.6 is 0 Å². The number of phenolic OH excluding ortho intramolecular Hbond substituents is 1. The molecule has 1 heterocycles. The molecule has 0 bridgehead atoms. The van der Waals surface area contributed by atoms with Gasteiger partial charge in [-0.25, -0.2) is 0 Å². The van der Waals surface area contributed by atoms with Gasteiger partial charge in [-0.05, 0) is 30.3 Å². The molecule has 0 saturated carbocycles. The zero-order valence-corrected chi connectivity index (χ0v) is 10.8. The highest BCUT2D eigenvalue weighted by Crippen LogP contribution is 2.33. The number of benzene rings is 2. The van der Waals surface area contributed by atoms with Crippen molar-refractivity contribution in [3.8, 4) is 17.2 Å². The number of rotatable bonds is 2. The van der Waals surface area contributed by atoms with Gasteiger partial charge in [0, 0.05) is 11.6 Å². The van der Waals surface area contributed by atoms with Crippen molar-refractivity contribution in [2.75, 3.05) is 7.11 Å². The summed E-state index contributed by atoms with van der Waals surface area (Å²) in [7, 11) is 1.52. The Bertz CT molecular complexity index is 716. The number of para-hydroxylation sites is 1. The van der Waals surface area contributed by atoms with Gasteiger partial charge in [0.15, 0.2) is 5.76 Å². The van der Waals surface area contributed by atoms with Crippen molar-refractivity contribution in [3.05, 3.63) is 59.4 Å². The van der Waals surface area contributed by atoms with E-state index in [-0.39, 0.29) is 17.3 Å². The second-order valence-corrected chi connectivity index (χ2v) is 4.36. The predicted octanol–water partition coefficient (Wildman–Crippen LogP) is 3.02. The van der Waals surface area contributed by atoms with Crippen LogP contribution in [0.4, 0.5) is 0 Å². The molecular formula is C16H12O4. The van der Waals surface area contributed by atoms with Crippen LogP contribution in [0.1, 0.15) is 15.9 Å². The number of phenols is 1. The molecule has 0 radical (unpaired) electrons. The molecule has 0 amide bonds. The summed E-state index contributed by atoms with van der Waals surface area (Å²) in [6, 6.07) is 11.9. The van der Waals surface area contributed by atoms with Crippen LogP contribution in [-0.4, -0.2) is 18.0 Å². The monoisotopic (exact) mass is 268 g/mol. The van der Waals surface area contributed by atoms with E-state index in [0.717, 1.165) is 0 Å². The van der Waals surface area contributed by atoms with Gasteiger partial charge in [-0.3, -0.25) is 4.79 Å². The highest BCUT2D eigenvalue weighted by atomic mass is 16.5. The molecular weight excluding hydrogens is 256 g/mol. The molecule has 3 rings (SSSR count). The maximum Gasteiger partial charge on any atom is 0.231 e. The van der Waals surface area contributed by atoms with Crippen LogP contribution < -0.4 is 9.47 Å². The number of Topliss-reactive ketones (excluding diaryl/α,β-unsaturated/α-hetero) is 1. The fraction of sp³-hybridized carbons (Fsp3) is 0.0625. The number of carbonyl (C=O) groups is 1. The standard InChI is InChI=1S/C16H12O4/c1-19-11-7-6-10(13(17)9-11)8-15-16(18)12-4-2-3-5-14(12)20-15/h2-9,17H,1H3. The Kier molecular flexibility index (Phi) is 2.91. The number of aromatic hydroxyl groups is 1. The fourth-order valence-corrected chi connectivity index (χ4v) is 2.05. The molecule has 20 heavy (non-hydrogen) atoms. The van der Waals surface area contributed by atoms with Crippen molar-refractivity contribution >= 4 is 11.9 Å². The number of ketones is 1. The summed E-state index contributed by atoms with van der Waals surface area (Å²) >= 11 is 0. The first-order valence-corrected chi connectivity index (χ1v) is 6.09. The van der Waals surface area contributed by atoms with Crippen LogP contribution in [0.15, 0.2) is 48.2 Å². The first-order chi connectivity index (χ1) is 9.69. The summed E-state index contributed by atoms with van der Waals surface area (Å²) in [5.74, 6) is 1.13. The Morgan fingerprint density at radius 1 is 1.20 bits per heavy atom. The van der Waals surface area contributed by atoms with E-state index in [2.05, 4.69) is 0 Å². The second kappa shape index (κ2) is 4.74. The topological polar surface area (TPSA) is 55.8 Å². The average molecular weight is 268 g/mol. The number of hydrogen-bond donors (Lipinski definition) is 1. The summed E-state index contributed by atoms with van der Waals surface area (Å²) in [6.45, 7) is 0. The minimum absolute atomic E-state index is 0.0317. The van der Waals surface area contributed by atoms with Gasteiger partial charge < -0.3 is 14.6 Å². The Labute approximate surface area is 115 Å². The summed E-state index contributed by atoms with van der Waals surface area (Å²) in [6.07, 6.45) is 1.52. The molecule has 2 aromatic carbocycles. The summed E-state index contributed by atoms with van der Waals surface area (Å²) < 4.78 is 10.5. The van der Waals surface area contributed by atoms with Crippen molar-refractivity contribution in [1.29, 1.82) is 0 Å². The molecule has 1 N–H and O–H groups in total. The Morgan fingerprint density at radius 3 is 2.70 bits per heavy atom. The lowest BCUT2D eigenvalue weighted by Gasteiger charge is -2.04. The fourth-order valence-electron chi connectivity index (χ4n) is 2.05. The normalized spacial score (nSPS) is 15.1. The predicted molar refractivity (Wildman–Crippen MR) is 74.0 cm³/mol. The number of hydrogen-bond acceptors (Lipinski definition) is 4. The molecule has 100 valence electrons. The van der Waals surface area contributed by atoms with Gasteiger partial charge >= 0.3 is 0 Å². The lowest BCUT2D eigenvalue weighted by atomic mass is 10.1. The smallest absolute Gasteiger partial charge is 0.231 e. The number of fused-ring (bicyclic) bond motifs is 1. The molecule has 0 unspecified atom stereocenters. The van der Waals surface area contributed by atoms with E-state index >= 15 is 0 Å². The van der Waals surface area contributed by atoms with Crippen LogP contribution in [0, 0.1) is 0 Å². The Hall–Kier alpha value is -2.75. The van der Waals surface area contributed by atoms with Gasteiger partial charge in [0.1, 0.15) is 17.2 Å². The van der Waals surface area contributed by atoms with Crippen LogP contribution in [-0.2, 0) is 0 Å². The van der Waals surface area contributed by atoms with Crippen LogP contribution in [0.5, 0.6) is 17.2 Å². The molecule has 0 atom stereocenters. The molecule has 0 fully saturated rings. The maximum absolute atomic E-state index is 12.1. The van der Waals surface area contributed by atoms with E-state index in [9.17, 15) is 9.90 Å². The average Bonchev–Trinajstić information content (AvgIpc) is 2.78. The molecule has 0 aliphatic carbocycles. The first-order valence-electron chi connectivity index (χ1n) is 6.09. The van der Waals surface area contributed by atoms with Crippen molar-refractivity contribution < 1.29 is 19.4 Å². The third-order valence-electron chi connectivity index (χ3n) is 3.10. The Balaban J connectivity index is 1.97. The van der Waals surface area contributed by atoms with Crippen LogP contribution in [0.2, 0.25) is 0 Å². The molecule has 1 aliphatic rings. The van der Waals surface area contributed by atoms with E-state index in [4.69, 9.17) is 9.47 Å². The highest BCUT2D eigenvalue weighted by Gasteiger charge is 2.26. The van der Waals surface area contributed by atoms with E-state index in [0.29, 0.717) is 22.6 Å². The van der Waals surface area contributed by atoms with Crippen molar-refractivity contribution in [3.63, 3.8) is 0 Å². The molecule has 2 aromatic rings. The van der Waals surface area contributed by atoms with Gasteiger partial charge in [-0.15, -0.1) is 0 Å². The second-order valence-electron chi connectivity index (χ2n) is 4.36. The third kappa shape index (κ3) is 2.01. The van der Waals surface area contributed by atoms with Gasteiger partial charge in [0.05, 0.1) is 12.7 Å².